The number of furan rings is 1. The van der Waals surface area contributed by atoms with E-state index in [2.05, 4.69) is 10.3 Å². The van der Waals surface area contributed by atoms with Crippen LogP contribution < -0.4 is 14.8 Å². The Morgan fingerprint density at radius 1 is 1.28 bits per heavy atom. The van der Waals surface area contributed by atoms with E-state index in [1.807, 2.05) is 18.4 Å². The number of carbonyl (C=O) groups excluding carboxylic acids is 1. The molecule has 0 fully saturated rings. The summed E-state index contributed by atoms with van der Waals surface area (Å²) in [6, 6.07) is 7.27. The van der Waals surface area contributed by atoms with E-state index in [0.717, 1.165) is 4.90 Å². The molecule has 1 aromatic carbocycles. The van der Waals surface area contributed by atoms with Gasteiger partial charge >= 0.3 is 0 Å². The molecule has 2 aromatic heterocycles. The van der Waals surface area contributed by atoms with Gasteiger partial charge in [0.05, 0.1) is 12.0 Å². The van der Waals surface area contributed by atoms with Crippen molar-refractivity contribution in [3.63, 3.8) is 0 Å². The Bertz CT molecular complexity index is 906. The zero-order valence-electron chi connectivity index (χ0n) is 13.3. The van der Waals surface area contributed by atoms with Crippen molar-refractivity contribution < 1.29 is 18.7 Å². The molecule has 25 heavy (non-hydrogen) atoms. The van der Waals surface area contributed by atoms with Gasteiger partial charge in [0.15, 0.2) is 22.3 Å². The van der Waals surface area contributed by atoms with E-state index in [1.54, 1.807) is 23.8 Å². The van der Waals surface area contributed by atoms with Crippen molar-refractivity contribution in [2.24, 2.45) is 0 Å². The van der Waals surface area contributed by atoms with Gasteiger partial charge in [0.1, 0.15) is 18.9 Å². The highest BCUT2D eigenvalue weighted by atomic mass is 32.2. The molecule has 3 heterocycles. The van der Waals surface area contributed by atoms with Crippen LogP contribution in [0.4, 0.5) is 5.69 Å². The number of carbonyl (C=O) groups is 1. The van der Waals surface area contributed by atoms with Crippen molar-refractivity contribution in [3.05, 3.63) is 41.6 Å². The standard InChI is InChI=1S/C17H14N2O4S2/c1-24-15-8-14-13(22-5-6-23-14)7-10(15)18-16(20)11-9-25-17(19-11)12-3-2-4-21-12/h2-4,7-9H,5-6H2,1H3,(H,18,20). The number of fused-ring (bicyclic) bond motifs is 1. The summed E-state index contributed by atoms with van der Waals surface area (Å²) in [5, 5.41) is 5.29. The molecular weight excluding hydrogens is 360 g/mol. The Morgan fingerprint density at radius 3 is 2.80 bits per heavy atom. The number of thioether (sulfide) groups is 1. The number of aromatic nitrogens is 1. The SMILES string of the molecule is CSc1cc2c(cc1NC(=O)c1csc(-c3ccco3)n1)OCCO2. The van der Waals surface area contributed by atoms with E-state index >= 15 is 0 Å². The highest BCUT2D eigenvalue weighted by Gasteiger charge is 2.19. The van der Waals surface area contributed by atoms with Crippen molar-refractivity contribution in [3.8, 4) is 22.3 Å². The number of rotatable bonds is 4. The first-order valence-electron chi connectivity index (χ1n) is 7.53. The summed E-state index contributed by atoms with van der Waals surface area (Å²) in [4.78, 5) is 17.8. The quantitative estimate of drug-likeness (QED) is 0.692. The second-order valence-corrected chi connectivity index (χ2v) is 6.87. The zero-order chi connectivity index (χ0) is 17.2. The topological polar surface area (TPSA) is 73.6 Å². The smallest absolute Gasteiger partial charge is 0.275 e. The number of nitrogens with zero attached hydrogens (tertiary/aromatic N) is 1. The molecule has 128 valence electrons. The number of amides is 1. The normalized spacial score (nSPS) is 12.8. The number of hydrogen-bond acceptors (Lipinski definition) is 7. The fraction of sp³-hybridized carbons (Fsp3) is 0.176. The summed E-state index contributed by atoms with van der Waals surface area (Å²) in [5.41, 5.74) is 1.02. The summed E-state index contributed by atoms with van der Waals surface area (Å²) < 4.78 is 16.5. The summed E-state index contributed by atoms with van der Waals surface area (Å²) in [5.74, 6) is 1.70. The van der Waals surface area contributed by atoms with Gasteiger partial charge in [-0.15, -0.1) is 23.1 Å². The molecule has 0 unspecified atom stereocenters. The molecule has 1 amide bonds. The summed E-state index contributed by atoms with van der Waals surface area (Å²) in [6.45, 7) is 1.03. The van der Waals surface area contributed by atoms with Crippen molar-refractivity contribution in [1.29, 1.82) is 0 Å². The molecule has 3 aromatic rings. The van der Waals surface area contributed by atoms with Crippen LogP contribution in [0.1, 0.15) is 10.5 Å². The number of thiazole rings is 1. The molecule has 0 bridgehead atoms. The molecule has 0 saturated heterocycles. The maximum atomic E-state index is 12.6. The van der Waals surface area contributed by atoms with E-state index in [9.17, 15) is 4.79 Å². The molecule has 4 rings (SSSR count). The van der Waals surface area contributed by atoms with E-state index in [-0.39, 0.29) is 5.91 Å². The average Bonchev–Trinajstić information content (AvgIpc) is 3.32. The van der Waals surface area contributed by atoms with Crippen LogP contribution in [0, 0.1) is 0 Å². The van der Waals surface area contributed by atoms with E-state index in [0.29, 0.717) is 46.9 Å². The number of hydrogen-bond donors (Lipinski definition) is 1. The molecule has 0 atom stereocenters. The summed E-state index contributed by atoms with van der Waals surface area (Å²) in [7, 11) is 0. The third-order valence-corrected chi connectivity index (χ3v) is 5.22. The third-order valence-electron chi connectivity index (χ3n) is 3.58. The molecule has 0 saturated carbocycles. The van der Waals surface area contributed by atoms with E-state index in [1.165, 1.54) is 23.1 Å². The van der Waals surface area contributed by atoms with Gasteiger partial charge in [-0.3, -0.25) is 4.79 Å². The number of ether oxygens (including phenoxy) is 2. The lowest BCUT2D eigenvalue weighted by Gasteiger charge is -2.20. The molecule has 1 aliphatic heterocycles. The minimum atomic E-state index is -0.277. The van der Waals surface area contributed by atoms with Crippen LogP contribution in [0.2, 0.25) is 0 Å². The second-order valence-electron chi connectivity index (χ2n) is 5.17. The summed E-state index contributed by atoms with van der Waals surface area (Å²) >= 11 is 2.89. The van der Waals surface area contributed by atoms with Crippen molar-refractivity contribution in [2.45, 2.75) is 4.90 Å². The Hall–Kier alpha value is -2.45. The summed E-state index contributed by atoms with van der Waals surface area (Å²) in [6.07, 6.45) is 3.52. The number of anilines is 1. The molecule has 0 aliphatic carbocycles. The van der Waals surface area contributed by atoms with Gasteiger partial charge in [-0.2, -0.15) is 0 Å². The van der Waals surface area contributed by atoms with Crippen LogP contribution in [0.15, 0.2) is 45.2 Å². The number of benzene rings is 1. The minimum absolute atomic E-state index is 0.277. The first-order chi connectivity index (χ1) is 12.2. The molecule has 0 spiro atoms. The Kier molecular flexibility index (Phi) is 4.37. The highest BCUT2D eigenvalue weighted by Crippen LogP contribution is 2.39. The molecule has 0 radical (unpaired) electrons. The molecule has 6 nitrogen and oxygen atoms in total. The van der Waals surface area contributed by atoms with Gasteiger partial charge in [-0.05, 0) is 24.5 Å². The van der Waals surface area contributed by atoms with Gasteiger partial charge in [0.25, 0.3) is 5.91 Å². The minimum Gasteiger partial charge on any atom is -0.486 e. The van der Waals surface area contributed by atoms with Crippen LogP contribution in [-0.2, 0) is 0 Å². The Labute approximate surface area is 152 Å². The lowest BCUT2D eigenvalue weighted by Crippen LogP contribution is -2.17. The van der Waals surface area contributed by atoms with Crippen molar-refractivity contribution >= 4 is 34.7 Å². The van der Waals surface area contributed by atoms with Crippen LogP contribution in [0.3, 0.4) is 0 Å². The Balaban J connectivity index is 1.58. The zero-order valence-corrected chi connectivity index (χ0v) is 14.9. The molecular formula is C17H14N2O4S2. The van der Waals surface area contributed by atoms with Gasteiger partial charge in [0, 0.05) is 16.3 Å². The third kappa shape index (κ3) is 3.22. The first-order valence-corrected chi connectivity index (χ1v) is 9.63. The predicted octanol–water partition coefficient (Wildman–Crippen LogP) is 4.15. The lowest BCUT2D eigenvalue weighted by molar-refractivity contribution is 0.102. The maximum Gasteiger partial charge on any atom is 0.275 e. The van der Waals surface area contributed by atoms with Crippen molar-refractivity contribution in [2.75, 3.05) is 24.8 Å². The second kappa shape index (κ2) is 6.81. The monoisotopic (exact) mass is 374 g/mol. The van der Waals surface area contributed by atoms with Crippen LogP contribution in [0.25, 0.3) is 10.8 Å². The molecule has 1 N–H and O–H groups in total. The Morgan fingerprint density at radius 2 is 2.08 bits per heavy atom. The highest BCUT2D eigenvalue weighted by molar-refractivity contribution is 7.98. The largest absolute Gasteiger partial charge is 0.486 e. The molecule has 8 heteroatoms. The average molecular weight is 374 g/mol. The van der Waals surface area contributed by atoms with Crippen LogP contribution in [-0.4, -0.2) is 30.4 Å². The van der Waals surface area contributed by atoms with Gasteiger partial charge in [0.2, 0.25) is 0 Å². The fourth-order valence-electron chi connectivity index (χ4n) is 2.41. The van der Waals surface area contributed by atoms with Gasteiger partial charge in [-0.1, -0.05) is 0 Å². The van der Waals surface area contributed by atoms with E-state index in [4.69, 9.17) is 13.9 Å². The van der Waals surface area contributed by atoms with Gasteiger partial charge < -0.3 is 19.2 Å². The van der Waals surface area contributed by atoms with Crippen LogP contribution in [0.5, 0.6) is 11.5 Å². The number of nitrogens with one attached hydrogen (secondary N) is 1. The predicted molar refractivity (Wildman–Crippen MR) is 97.0 cm³/mol. The first kappa shape index (κ1) is 16.0. The van der Waals surface area contributed by atoms with E-state index < -0.39 is 0 Å². The fourth-order valence-corrected chi connectivity index (χ4v) is 3.74. The maximum absolute atomic E-state index is 12.6. The van der Waals surface area contributed by atoms with Gasteiger partial charge in [-0.25, -0.2) is 4.98 Å². The molecule has 1 aliphatic rings. The van der Waals surface area contributed by atoms with Crippen LogP contribution >= 0.6 is 23.1 Å². The lowest BCUT2D eigenvalue weighted by atomic mass is 10.2. The van der Waals surface area contributed by atoms with Crippen molar-refractivity contribution in [1.82, 2.24) is 4.98 Å².